The molecule has 1 unspecified atom stereocenters. The van der Waals surface area contributed by atoms with Gasteiger partial charge in [-0.1, -0.05) is 31.5 Å². The molecule has 19 heavy (non-hydrogen) atoms. The SMILES string of the molecule is CCC[C@H](NC(=O)C1Cc2ccccc2O1)C(=O)O. The normalized spacial score (nSPS) is 18.3. The first-order valence-electron chi connectivity index (χ1n) is 6.39. The molecule has 5 nitrogen and oxygen atoms in total. The van der Waals surface area contributed by atoms with Gasteiger partial charge < -0.3 is 15.2 Å². The fourth-order valence-corrected chi connectivity index (χ4v) is 2.14. The number of nitrogens with one attached hydrogen (secondary N) is 1. The second kappa shape index (κ2) is 5.73. The van der Waals surface area contributed by atoms with Gasteiger partial charge in [0.25, 0.3) is 5.91 Å². The van der Waals surface area contributed by atoms with Gasteiger partial charge >= 0.3 is 5.97 Å². The molecule has 1 aliphatic heterocycles. The number of carboxylic acid groups (broad SMARTS) is 1. The number of hydrogen-bond donors (Lipinski definition) is 2. The lowest BCUT2D eigenvalue weighted by Crippen LogP contribution is -2.46. The topological polar surface area (TPSA) is 75.6 Å². The number of carbonyl (C=O) groups is 2. The first kappa shape index (κ1) is 13.4. The molecular weight excluding hydrogens is 246 g/mol. The molecule has 102 valence electrons. The second-order valence-electron chi connectivity index (χ2n) is 4.61. The quantitative estimate of drug-likeness (QED) is 0.841. The number of para-hydroxylation sites is 1. The summed E-state index contributed by atoms with van der Waals surface area (Å²) in [7, 11) is 0. The fraction of sp³-hybridized carbons (Fsp3) is 0.429. The minimum absolute atomic E-state index is 0.364. The third-order valence-corrected chi connectivity index (χ3v) is 3.13. The van der Waals surface area contributed by atoms with Crippen molar-refractivity contribution in [1.82, 2.24) is 5.32 Å². The van der Waals surface area contributed by atoms with Gasteiger partial charge in [-0.05, 0) is 18.1 Å². The molecule has 2 rings (SSSR count). The Kier molecular flexibility index (Phi) is 4.04. The maximum Gasteiger partial charge on any atom is 0.326 e. The summed E-state index contributed by atoms with van der Waals surface area (Å²) in [6.45, 7) is 1.88. The van der Waals surface area contributed by atoms with E-state index in [1.54, 1.807) is 0 Å². The maximum atomic E-state index is 12.0. The van der Waals surface area contributed by atoms with Gasteiger partial charge in [0.1, 0.15) is 11.8 Å². The van der Waals surface area contributed by atoms with Crippen molar-refractivity contribution >= 4 is 11.9 Å². The van der Waals surface area contributed by atoms with E-state index in [0.717, 1.165) is 5.56 Å². The first-order chi connectivity index (χ1) is 9.11. The van der Waals surface area contributed by atoms with Crippen molar-refractivity contribution in [3.63, 3.8) is 0 Å². The summed E-state index contributed by atoms with van der Waals surface area (Å²) in [5.74, 6) is -0.673. The van der Waals surface area contributed by atoms with Crippen LogP contribution in [0.4, 0.5) is 0 Å². The smallest absolute Gasteiger partial charge is 0.326 e. The summed E-state index contributed by atoms with van der Waals surface area (Å²) in [5, 5.41) is 11.5. The van der Waals surface area contributed by atoms with E-state index in [0.29, 0.717) is 25.0 Å². The Hall–Kier alpha value is -2.04. The van der Waals surface area contributed by atoms with Crippen molar-refractivity contribution in [1.29, 1.82) is 0 Å². The first-order valence-corrected chi connectivity index (χ1v) is 6.39. The lowest BCUT2D eigenvalue weighted by molar-refractivity contribution is -0.143. The fourth-order valence-electron chi connectivity index (χ4n) is 2.14. The lowest BCUT2D eigenvalue weighted by atomic mass is 10.1. The molecule has 0 bridgehead atoms. The van der Waals surface area contributed by atoms with Crippen LogP contribution in [0.1, 0.15) is 25.3 Å². The average molecular weight is 263 g/mol. The van der Waals surface area contributed by atoms with E-state index in [-0.39, 0.29) is 5.91 Å². The van der Waals surface area contributed by atoms with E-state index in [1.807, 2.05) is 31.2 Å². The monoisotopic (exact) mass is 263 g/mol. The highest BCUT2D eigenvalue weighted by Crippen LogP contribution is 2.28. The van der Waals surface area contributed by atoms with Crippen LogP contribution in [0.25, 0.3) is 0 Å². The highest BCUT2D eigenvalue weighted by Gasteiger charge is 2.31. The zero-order valence-electron chi connectivity index (χ0n) is 10.8. The van der Waals surface area contributed by atoms with Crippen LogP contribution in [0.5, 0.6) is 5.75 Å². The van der Waals surface area contributed by atoms with Crippen LogP contribution in [0, 0.1) is 0 Å². The molecule has 0 radical (unpaired) electrons. The highest BCUT2D eigenvalue weighted by atomic mass is 16.5. The molecule has 1 aromatic carbocycles. The van der Waals surface area contributed by atoms with Gasteiger partial charge in [0.05, 0.1) is 0 Å². The largest absolute Gasteiger partial charge is 0.480 e. The van der Waals surface area contributed by atoms with Crippen LogP contribution in [0.2, 0.25) is 0 Å². The highest BCUT2D eigenvalue weighted by molar-refractivity contribution is 5.87. The lowest BCUT2D eigenvalue weighted by Gasteiger charge is -2.16. The van der Waals surface area contributed by atoms with Gasteiger partial charge in [0, 0.05) is 6.42 Å². The number of aliphatic carboxylic acids is 1. The zero-order chi connectivity index (χ0) is 13.8. The number of carbonyl (C=O) groups excluding carboxylic acids is 1. The molecule has 0 fully saturated rings. The van der Waals surface area contributed by atoms with Crippen molar-refractivity contribution in [2.24, 2.45) is 0 Å². The Morgan fingerprint density at radius 2 is 2.21 bits per heavy atom. The standard InChI is InChI=1S/C14H17NO4/c1-2-5-10(14(17)18)15-13(16)12-8-9-6-3-4-7-11(9)19-12/h3-4,6-7,10,12H,2,5,8H2,1H3,(H,15,16)(H,17,18)/t10-,12?/m0/s1. The summed E-state index contributed by atoms with van der Waals surface area (Å²) in [4.78, 5) is 23.0. The Morgan fingerprint density at radius 1 is 1.47 bits per heavy atom. The minimum atomic E-state index is -1.01. The average Bonchev–Trinajstić information content (AvgIpc) is 2.81. The third kappa shape index (κ3) is 3.05. The summed E-state index contributed by atoms with van der Waals surface area (Å²) >= 11 is 0. The van der Waals surface area contributed by atoms with Gasteiger partial charge in [-0.2, -0.15) is 0 Å². The summed E-state index contributed by atoms with van der Waals surface area (Å²) in [6.07, 6.45) is 0.973. The molecular formula is C14H17NO4. The Labute approximate surface area is 111 Å². The number of ether oxygens (including phenoxy) is 1. The van der Waals surface area contributed by atoms with Crippen molar-refractivity contribution in [3.05, 3.63) is 29.8 Å². The van der Waals surface area contributed by atoms with E-state index in [9.17, 15) is 9.59 Å². The number of fused-ring (bicyclic) bond motifs is 1. The van der Waals surface area contributed by atoms with E-state index >= 15 is 0 Å². The summed E-state index contributed by atoms with van der Waals surface area (Å²) in [6, 6.07) is 6.60. The minimum Gasteiger partial charge on any atom is -0.480 e. The Balaban J connectivity index is 1.97. The van der Waals surface area contributed by atoms with Crippen molar-refractivity contribution in [2.75, 3.05) is 0 Å². The molecule has 2 atom stereocenters. The van der Waals surface area contributed by atoms with Crippen LogP contribution in [-0.2, 0) is 16.0 Å². The molecule has 1 heterocycles. The number of carboxylic acids is 1. The molecule has 2 N–H and O–H groups in total. The van der Waals surface area contributed by atoms with Gasteiger partial charge in [-0.3, -0.25) is 4.79 Å². The van der Waals surface area contributed by atoms with E-state index < -0.39 is 18.1 Å². The number of rotatable bonds is 5. The van der Waals surface area contributed by atoms with E-state index in [4.69, 9.17) is 9.84 Å². The number of amides is 1. The molecule has 5 heteroatoms. The predicted octanol–water partition coefficient (Wildman–Crippen LogP) is 1.36. The molecule has 1 amide bonds. The maximum absolute atomic E-state index is 12.0. The summed E-state index contributed by atoms with van der Waals surface area (Å²) < 4.78 is 5.52. The molecule has 0 spiro atoms. The third-order valence-electron chi connectivity index (χ3n) is 3.13. The Morgan fingerprint density at radius 3 is 2.84 bits per heavy atom. The molecule has 0 aliphatic carbocycles. The van der Waals surface area contributed by atoms with Gasteiger partial charge in [0.2, 0.25) is 0 Å². The van der Waals surface area contributed by atoms with Crippen LogP contribution >= 0.6 is 0 Å². The van der Waals surface area contributed by atoms with Crippen LogP contribution in [0.3, 0.4) is 0 Å². The van der Waals surface area contributed by atoms with Gasteiger partial charge in [-0.15, -0.1) is 0 Å². The van der Waals surface area contributed by atoms with Gasteiger partial charge in [-0.25, -0.2) is 4.79 Å². The van der Waals surface area contributed by atoms with Crippen LogP contribution in [0.15, 0.2) is 24.3 Å². The van der Waals surface area contributed by atoms with Crippen molar-refractivity contribution in [3.8, 4) is 5.75 Å². The van der Waals surface area contributed by atoms with Crippen LogP contribution in [-0.4, -0.2) is 29.1 Å². The number of hydrogen-bond acceptors (Lipinski definition) is 3. The van der Waals surface area contributed by atoms with Crippen molar-refractivity contribution in [2.45, 2.75) is 38.3 Å². The number of benzene rings is 1. The Bertz CT molecular complexity index is 461. The predicted molar refractivity (Wildman–Crippen MR) is 69.0 cm³/mol. The molecule has 1 aliphatic rings. The van der Waals surface area contributed by atoms with Crippen molar-refractivity contribution < 1.29 is 19.4 Å². The zero-order valence-corrected chi connectivity index (χ0v) is 10.8. The molecule has 1 aromatic rings. The van der Waals surface area contributed by atoms with E-state index in [1.165, 1.54) is 0 Å². The molecule has 0 saturated heterocycles. The van der Waals surface area contributed by atoms with E-state index in [2.05, 4.69) is 5.32 Å². The summed E-state index contributed by atoms with van der Waals surface area (Å²) in [5.41, 5.74) is 0.977. The second-order valence-corrected chi connectivity index (χ2v) is 4.61. The van der Waals surface area contributed by atoms with Crippen LogP contribution < -0.4 is 10.1 Å². The molecule has 0 aromatic heterocycles. The van der Waals surface area contributed by atoms with Gasteiger partial charge in [0.15, 0.2) is 6.10 Å². The molecule has 0 saturated carbocycles.